The van der Waals surface area contributed by atoms with Crippen LogP contribution in [-0.4, -0.2) is 34.7 Å². The molecule has 2 aromatic heterocycles. The Morgan fingerprint density at radius 2 is 2.37 bits per heavy atom. The third-order valence-electron chi connectivity index (χ3n) is 3.55. The van der Waals surface area contributed by atoms with E-state index in [1.54, 1.807) is 10.7 Å². The van der Waals surface area contributed by atoms with Crippen molar-refractivity contribution in [2.24, 2.45) is 0 Å². The van der Waals surface area contributed by atoms with Crippen molar-refractivity contribution in [3.63, 3.8) is 0 Å². The summed E-state index contributed by atoms with van der Waals surface area (Å²) in [6.45, 7) is 1.90. The van der Waals surface area contributed by atoms with Crippen molar-refractivity contribution in [1.82, 2.24) is 20.2 Å². The zero-order chi connectivity index (χ0) is 13.1. The third kappa shape index (κ3) is 2.61. The molecule has 1 amide bonds. The molecule has 1 atom stereocenters. The molecule has 100 valence electrons. The molecule has 19 heavy (non-hydrogen) atoms. The van der Waals surface area contributed by atoms with Gasteiger partial charge in [0.2, 0.25) is 0 Å². The van der Waals surface area contributed by atoms with E-state index in [0.29, 0.717) is 5.56 Å². The predicted molar refractivity (Wildman–Crippen MR) is 73.2 cm³/mol. The lowest BCUT2D eigenvalue weighted by Crippen LogP contribution is -2.40. The van der Waals surface area contributed by atoms with Crippen molar-refractivity contribution in [2.45, 2.75) is 25.3 Å². The number of carbonyl (C=O) groups excluding carboxylic acids is 1. The lowest BCUT2D eigenvalue weighted by atomic mass is 10.1. The van der Waals surface area contributed by atoms with Gasteiger partial charge in [-0.1, -0.05) is 12.5 Å². The van der Waals surface area contributed by atoms with Crippen LogP contribution in [0.25, 0.3) is 5.52 Å². The maximum absolute atomic E-state index is 12.3. The minimum Gasteiger partial charge on any atom is -0.348 e. The smallest absolute Gasteiger partial charge is 0.255 e. The highest BCUT2D eigenvalue weighted by atomic mass is 16.1. The molecule has 2 N–H and O–H groups in total. The quantitative estimate of drug-likeness (QED) is 0.851. The molecular weight excluding hydrogens is 240 g/mol. The minimum absolute atomic E-state index is 0.0325. The van der Waals surface area contributed by atoms with Crippen molar-refractivity contribution in [3.8, 4) is 0 Å². The molecule has 2 aromatic rings. The van der Waals surface area contributed by atoms with E-state index in [1.165, 1.54) is 6.42 Å². The maximum Gasteiger partial charge on any atom is 0.255 e. The van der Waals surface area contributed by atoms with Crippen molar-refractivity contribution in [1.29, 1.82) is 0 Å². The average molecular weight is 258 g/mol. The summed E-state index contributed by atoms with van der Waals surface area (Å²) in [5.74, 6) is -0.0325. The second kappa shape index (κ2) is 5.40. The Hall–Kier alpha value is -1.88. The molecule has 0 spiro atoms. The van der Waals surface area contributed by atoms with E-state index >= 15 is 0 Å². The summed E-state index contributed by atoms with van der Waals surface area (Å²) < 4.78 is 1.72. The Morgan fingerprint density at radius 1 is 1.42 bits per heavy atom. The fraction of sp³-hybridized carbons (Fsp3) is 0.429. The Bertz CT molecular complexity index is 570. The molecule has 1 fully saturated rings. The van der Waals surface area contributed by atoms with Crippen LogP contribution in [0, 0.1) is 0 Å². The van der Waals surface area contributed by atoms with Gasteiger partial charge in [0.1, 0.15) is 0 Å². The van der Waals surface area contributed by atoms with Crippen molar-refractivity contribution < 1.29 is 4.79 Å². The number of hydrogen-bond donors (Lipinski definition) is 2. The summed E-state index contributed by atoms with van der Waals surface area (Å²) >= 11 is 0. The molecule has 5 heteroatoms. The number of hydrogen-bond acceptors (Lipinski definition) is 3. The van der Waals surface area contributed by atoms with Crippen LogP contribution in [0.2, 0.25) is 0 Å². The number of nitrogens with zero attached hydrogens (tertiary/aromatic N) is 2. The number of carbonyl (C=O) groups is 1. The molecule has 1 aliphatic heterocycles. The van der Waals surface area contributed by atoms with Crippen molar-refractivity contribution >= 4 is 11.4 Å². The molecule has 0 aromatic carbocycles. The van der Waals surface area contributed by atoms with E-state index in [0.717, 1.165) is 31.4 Å². The second-order valence-electron chi connectivity index (χ2n) is 4.96. The fourth-order valence-electron chi connectivity index (χ4n) is 2.51. The average Bonchev–Trinajstić information content (AvgIpc) is 2.70. The molecule has 1 aliphatic rings. The maximum atomic E-state index is 12.3. The van der Waals surface area contributed by atoms with Gasteiger partial charge in [0.05, 0.1) is 17.3 Å². The van der Waals surface area contributed by atoms with Crippen LogP contribution in [0.15, 0.2) is 30.6 Å². The SMILES string of the molecule is O=C(NC1CCCCNC1)c1cnn2ccccc12. The second-order valence-corrected chi connectivity index (χ2v) is 4.96. The van der Waals surface area contributed by atoms with Gasteiger partial charge in [-0.15, -0.1) is 0 Å². The summed E-state index contributed by atoms with van der Waals surface area (Å²) in [6, 6.07) is 5.94. The van der Waals surface area contributed by atoms with Crippen molar-refractivity contribution in [2.75, 3.05) is 13.1 Å². The van der Waals surface area contributed by atoms with E-state index in [2.05, 4.69) is 15.7 Å². The van der Waals surface area contributed by atoms with E-state index in [-0.39, 0.29) is 11.9 Å². The monoisotopic (exact) mass is 258 g/mol. The summed E-state index contributed by atoms with van der Waals surface area (Å²) in [7, 11) is 0. The van der Waals surface area contributed by atoms with Crippen molar-refractivity contribution in [3.05, 3.63) is 36.2 Å². The van der Waals surface area contributed by atoms with Gasteiger partial charge in [-0.25, -0.2) is 4.52 Å². The molecular formula is C14H18N4O. The first-order valence-electron chi connectivity index (χ1n) is 6.78. The summed E-state index contributed by atoms with van der Waals surface area (Å²) in [6.07, 6.45) is 6.86. The fourth-order valence-corrected chi connectivity index (χ4v) is 2.51. The van der Waals surface area contributed by atoms with E-state index in [4.69, 9.17) is 0 Å². The number of fused-ring (bicyclic) bond motifs is 1. The van der Waals surface area contributed by atoms with Crippen LogP contribution in [-0.2, 0) is 0 Å². The number of pyridine rings is 1. The zero-order valence-corrected chi connectivity index (χ0v) is 10.8. The van der Waals surface area contributed by atoms with Gasteiger partial charge < -0.3 is 10.6 Å². The normalized spacial score (nSPS) is 20.1. The summed E-state index contributed by atoms with van der Waals surface area (Å²) in [5, 5.41) is 10.6. The van der Waals surface area contributed by atoms with Gasteiger partial charge in [-0.05, 0) is 31.5 Å². The highest BCUT2D eigenvalue weighted by molar-refractivity contribution is 6.00. The minimum atomic E-state index is -0.0325. The van der Waals surface area contributed by atoms with Crippen LogP contribution in [0.3, 0.4) is 0 Å². The lowest BCUT2D eigenvalue weighted by Gasteiger charge is -2.15. The third-order valence-corrected chi connectivity index (χ3v) is 3.55. The predicted octanol–water partition coefficient (Wildman–Crippen LogP) is 1.21. The zero-order valence-electron chi connectivity index (χ0n) is 10.8. The topological polar surface area (TPSA) is 58.4 Å². The van der Waals surface area contributed by atoms with E-state index in [1.807, 2.05) is 24.4 Å². The number of amides is 1. The van der Waals surface area contributed by atoms with E-state index in [9.17, 15) is 4.79 Å². The standard InChI is InChI=1S/C14H18N4O/c19-14(17-11-5-1-3-7-15-9-11)12-10-16-18-8-4-2-6-13(12)18/h2,4,6,8,10-11,15H,1,3,5,7,9H2,(H,17,19). The molecule has 3 heterocycles. The molecule has 1 saturated heterocycles. The van der Waals surface area contributed by atoms with Crippen LogP contribution in [0.4, 0.5) is 0 Å². The lowest BCUT2D eigenvalue weighted by molar-refractivity contribution is 0.0937. The van der Waals surface area contributed by atoms with Gasteiger partial charge in [-0.2, -0.15) is 5.10 Å². The first-order chi connectivity index (χ1) is 9.34. The Labute approximate surface area is 112 Å². The van der Waals surface area contributed by atoms with E-state index < -0.39 is 0 Å². The van der Waals surface area contributed by atoms with Crippen LogP contribution < -0.4 is 10.6 Å². The molecule has 5 nitrogen and oxygen atoms in total. The molecule has 3 rings (SSSR count). The van der Waals surface area contributed by atoms with Gasteiger partial charge >= 0.3 is 0 Å². The molecule has 0 bridgehead atoms. The highest BCUT2D eigenvalue weighted by Gasteiger charge is 2.18. The van der Waals surface area contributed by atoms with Crippen LogP contribution in [0.1, 0.15) is 29.6 Å². The molecule has 0 saturated carbocycles. The van der Waals surface area contributed by atoms with Crippen LogP contribution in [0.5, 0.6) is 0 Å². The van der Waals surface area contributed by atoms with Crippen LogP contribution >= 0.6 is 0 Å². The largest absolute Gasteiger partial charge is 0.348 e. The number of aromatic nitrogens is 2. The summed E-state index contributed by atoms with van der Waals surface area (Å²) in [4.78, 5) is 12.3. The van der Waals surface area contributed by atoms with Gasteiger partial charge in [0, 0.05) is 18.8 Å². The Morgan fingerprint density at radius 3 is 3.32 bits per heavy atom. The Kier molecular flexibility index (Phi) is 3.46. The highest BCUT2D eigenvalue weighted by Crippen LogP contribution is 2.11. The number of nitrogens with one attached hydrogen (secondary N) is 2. The molecule has 1 unspecified atom stereocenters. The van der Waals surface area contributed by atoms with Gasteiger partial charge in [0.25, 0.3) is 5.91 Å². The first kappa shape index (κ1) is 12.2. The van der Waals surface area contributed by atoms with Gasteiger partial charge in [-0.3, -0.25) is 4.79 Å². The number of rotatable bonds is 2. The molecule has 0 aliphatic carbocycles. The summed E-state index contributed by atoms with van der Waals surface area (Å²) in [5.41, 5.74) is 1.49. The Balaban J connectivity index is 1.76. The first-order valence-corrected chi connectivity index (χ1v) is 6.78. The molecule has 0 radical (unpaired) electrons. The van der Waals surface area contributed by atoms with Gasteiger partial charge in [0.15, 0.2) is 0 Å².